The molecule has 1 aliphatic carbocycles. The summed E-state index contributed by atoms with van der Waals surface area (Å²) in [5.74, 6) is -1.04. The maximum absolute atomic E-state index is 11.8. The zero-order chi connectivity index (χ0) is 13.3. The lowest BCUT2D eigenvalue weighted by Crippen LogP contribution is -2.35. The number of amides is 1. The summed E-state index contributed by atoms with van der Waals surface area (Å²) in [5, 5.41) is 12.1. The molecule has 1 aromatic rings. The molecule has 2 unspecified atom stereocenters. The molecule has 4 nitrogen and oxygen atoms in total. The van der Waals surface area contributed by atoms with E-state index >= 15 is 0 Å². The van der Waals surface area contributed by atoms with Gasteiger partial charge in [0.2, 0.25) is 5.91 Å². The number of carboxylic acid groups (broad SMARTS) is 1. The number of halogens is 1. The van der Waals surface area contributed by atoms with E-state index in [1.54, 1.807) is 24.3 Å². The lowest BCUT2D eigenvalue weighted by atomic mass is 10.1. The minimum atomic E-state index is -1.11. The van der Waals surface area contributed by atoms with Crippen molar-refractivity contribution in [2.24, 2.45) is 11.8 Å². The van der Waals surface area contributed by atoms with Gasteiger partial charge in [0, 0.05) is 16.5 Å². The lowest BCUT2D eigenvalue weighted by Gasteiger charge is -2.16. The van der Waals surface area contributed by atoms with Crippen LogP contribution in [0.5, 0.6) is 0 Å². The molecule has 1 aliphatic rings. The molecule has 2 rings (SSSR count). The third-order valence-corrected chi connectivity index (χ3v) is 3.54. The average Bonchev–Trinajstić information content (AvgIpc) is 3.04. The molecule has 0 radical (unpaired) electrons. The highest BCUT2D eigenvalue weighted by molar-refractivity contribution is 6.31. The van der Waals surface area contributed by atoms with Crippen molar-refractivity contribution in [1.29, 1.82) is 0 Å². The van der Waals surface area contributed by atoms with Crippen molar-refractivity contribution < 1.29 is 14.7 Å². The van der Waals surface area contributed by atoms with Gasteiger partial charge in [-0.2, -0.15) is 0 Å². The first-order valence-electron chi connectivity index (χ1n) is 5.78. The van der Waals surface area contributed by atoms with Crippen molar-refractivity contribution in [2.45, 2.75) is 19.4 Å². The molecule has 1 aromatic carbocycles. The summed E-state index contributed by atoms with van der Waals surface area (Å²) in [6, 6.07) is 5.55. The molecule has 1 fully saturated rings. The third kappa shape index (κ3) is 2.64. The number of hydrogen-bond acceptors (Lipinski definition) is 2. The van der Waals surface area contributed by atoms with E-state index in [0.717, 1.165) is 6.42 Å². The van der Waals surface area contributed by atoms with E-state index in [-0.39, 0.29) is 11.8 Å². The monoisotopic (exact) mass is 267 g/mol. The number of carbonyl (C=O) groups is 2. The first-order chi connectivity index (χ1) is 8.50. The second-order valence-corrected chi connectivity index (χ2v) is 5.03. The van der Waals surface area contributed by atoms with E-state index in [4.69, 9.17) is 11.6 Å². The minimum absolute atomic E-state index is 0.0608. The Kier molecular flexibility index (Phi) is 3.57. The second kappa shape index (κ2) is 4.98. The predicted octanol–water partition coefficient (Wildman–Crippen LogP) is 2.24. The smallest absolute Gasteiger partial charge is 0.330 e. The molecule has 1 amide bonds. The zero-order valence-corrected chi connectivity index (χ0v) is 10.6. The minimum Gasteiger partial charge on any atom is -0.479 e. The fraction of sp³-hybridized carbons (Fsp3) is 0.385. The number of carboxylic acids is 1. The van der Waals surface area contributed by atoms with Gasteiger partial charge >= 0.3 is 5.97 Å². The van der Waals surface area contributed by atoms with Gasteiger partial charge in [0.25, 0.3) is 0 Å². The molecule has 3 atom stereocenters. The Hall–Kier alpha value is -1.55. The molecule has 1 saturated carbocycles. The Labute approximate surface area is 110 Å². The fourth-order valence-electron chi connectivity index (χ4n) is 1.92. The van der Waals surface area contributed by atoms with Gasteiger partial charge in [-0.05, 0) is 18.4 Å². The van der Waals surface area contributed by atoms with E-state index in [9.17, 15) is 14.7 Å². The molecule has 0 aliphatic heterocycles. The van der Waals surface area contributed by atoms with Gasteiger partial charge in [-0.3, -0.25) is 4.79 Å². The van der Waals surface area contributed by atoms with Gasteiger partial charge in [0.05, 0.1) is 0 Å². The summed E-state index contributed by atoms with van der Waals surface area (Å²) in [6.45, 7) is 1.97. The van der Waals surface area contributed by atoms with Crippen LogP contribution in [0.4, 0.5) is 0 Å². The van der Waals surface area contributed by atoms with Crippen LogP contribution in [0.3, 0.4) is 0 Å². The van der Waals surface area contributed by atoms with Crippen LogP contribution in [0.1, 0.15) is 24.9 Å². The van der Waals surface area contributed by atoms with Crippen molar-refractivity contribution in [3.63, 3.8) is 0 Å². The summed E-state index contributed by atoms with van der Waals surface area (Å²) in [7, 11) is 0. The number of carbonyl (C=O) groups excluding carboxylic acids is 1. The SMILES string of the molecule is CC1CC1C(=O)N[C@@H](C(=O)O)c1ccccc1Cl. The number of hydrogen-bond donors (Lipinski definition) is 2. The van der Waals surface area contributed by atoms with E-state index in [1.165, 1.54) is 0 Å². The third-order valence-electron chi connectivity index (χ3n) is 3.20. The van der Waals surface area contributed by atoms with Crippen LogP contribution >= 0.6 is 11.6 Å². The van der Waals surface area contributed by atoms with Crippen LogP contribution in [-0.4, -0.2) is 17.0 Å². The zero-order valence-electron chi connectivity index (χ0n) is 9.89. The van der Waals surface area contributed by atoms with Gasteiger partial charge in [-0.1, -0.05) is 36.7 Å². The summed E-state index contributed by atoms with van der Waals surface area (Å²) >= 11 is 5.96. The molecule has 0 aromatic heterocycles. The Morgan fingerprint density at radius 1 is 1.44 bits per heavy atom. The van der Waals surface area contributed by atoms with Crippen molar-refractivity contribution in [1.82, 2.24) is 5.32 Å². The van der Waals surface area contributed by atoms with Crippen LogP contribution in [0.15, 0.2) is 24.3 Å². The Morgan fingerprint density at radius 3 is 2.56 bits per heavy atom. The largest absolute Gasteiger partial charge is 0.479 e. The molecule has 18 heavy (non-hydrogen) atoms. The highest BCUT2D eigenvalue weighted by atomic mass is 35.5. The van der Waals surface area contributed by atoms with Crippen LogP contribution < -0.4 is 5.32 Å². The Bertz CT molecular complexity index is 489. The normalized spacial score (nSPS) is 23.2. The molecule has 2 N–H and O–H groups in total. The number of rotatable bonds is 4. The van der Waals surface area contributed by atoms with Crippen molar-refractivity contribution in [2.75, 3.05) is 0 Å². The van der Waals surface area contributed by atoms with Crippen molar-refractivity contribution in [3.8, 4) is 0 Å². The molecule has 0 spiro atoms. The Balaban J connectivity index is 2.16. The first-order valence-corrected chi connectivity index (χ1v) is 6.16. The molecule has 5 heteroatoms. The highest BCUT2D eigenvalue weighted by Gasteiger charge is 2.40. The highest BCUT2D eigenvalue weighted by Crippen LogP contribution is 2.38. The van der Waals surface area contributed by atoms with Gasteiger partial charge in [-0.25, -0.2) is 4.79 Å². The second-order valence-electron chi connectivity index (χ2n) is 4.62. The number of benzene rings is 1. The predicted molar refractivity (Wildman–Crippen MR) is 67.2 cm³/mol. The molecule has 0 heterocycles. The van der Waals surface area contributed by atoms with Crippen LogP contribution in [0, 0.1) is 11.8 Å². The standard InChI is InChI=1S/C13H14ClNO3/c1-7-6-9(7)12(16)15-11(13(17)18)8-4-2-3-5-10(8)14/h2-5,7,9,11H,6H2,1H3,(H,15,16)(H,17,18)/t7?,9?,11-/m1/s1. The molecule has 0 bridgehead atoms. The number of nitrogens with one attached hydrogen (secondary N) is 1. The first kappa shape index (κ1) is 12.9. The quantitative estimate of drug-likeness (QED) is 0.879. The number of aliphatic carboxylic acids is 1. The maximum Gasteiger partial charge on any atom is 0.330 e. The van der Waals surface area contributed by atoms with Gasteiger partial charge in [-0.15, -0.1) is 0 Å². The molecule has 0 saturated heterocycles. The van der Waals surface area contributed by atoms with Crippen LogP contribution in [-0.2, 0) is 9.59 Å². The van der Waals surface area contributed by atoms with Crippen LogP contribution in [0.25, 0.3) is 0 Å². The van der Waals surface area contributed by atoms with Gasteiger partial charge in [0.15, 0.2) is 6.04 Å². The van der Waals surface area contributed by atoms with Crippen molar-refractivity contribution in [3.05, 3.63) is 34.9 Å². The topological polar surface area (TPSA) is 66.4 Å². The maximum atomic E-state index is 11.8. The van der Waals surface area contributed by atoms with Gasteiger partial charge in [0.1, 0.15) is 0 Å². The van der Waals surface area contributed by atoms with E-state index in [1.807, 2.05) is 6.92 Å². The average molecular weight is 268 g/mol. The molecule has 96 valence electrons. The Morgan fingerprint density at radius 2 is 2.06 bits per heavy atom. The fourth-order valence-corrected chi connectivity index (χ4v) is 2.16. The lowest BCUT2D eigenvalue weighted by molar-refractivity contribution is -0.142. The summed E-state index contributed by atoms with van der Waals surface area (Å²) in [4.78, 5) is 23.0. The van der Waals surface area contributed by atoms with E-state index in [0.29, 0.717) is 16.5 Å². The van der Waals surface area contributed by atoms with E-state index in [2.05, 4.69) is 5.32 Å². The summed E-state index contributed by atoms with van der Waals surface area (Å²) < 4.78 is 0. The molecular formula is C13H14ClNO3. The summed E-state index contributed by atoms with van der Waals surface area (Å²) in [6.07, 6.45) is 0.820. The molecular weight excluding hydrogens is 254 g/mol. The van der Waals surface area contributed by atoms with Gasteiger partial charge < -0.3 is 10.4 Å². The van der Waals surface area contributed by atoms with Crippen molar-refractivity contribution >= 4 is 23.5 Å². The van der Waals surface area contributed by atoms with Crippen LogP contribution in [0.2, 0.25) is 5.02 Å². The van der Waals surface area contributed by atoms with E-state index < -0.39 is 12.0 Å². The summed E-state index contributed by atoms with van der Waals surface area (Å²) in [5.41, 5.74) is 0.410.